The summed E-state index contributed by atoms with van der Waals surface area (Å²) in [5.41, 5.74) is 1.38. The van der Waals surface area contributed by atoms with Crippen LogP contribution in [0.3, 0.4) is 0 Å². The molecule has 1 fully saturated rings. The van der Waals surface area contributed by atoms with Crippen molar-refractivity contribution in [1.29, 1.82) is 0 Å². The highest BCUT2D eigenvalue weighted by Crippen LogP contribution is 2.18. The van der Waals surface area contributed by atoms with E-state index in [-0.39, 0.29) is 0 Å². The van der Waals surface area contributed by atoms with Crippen molar-refractivity contribution in [2.75, 3.05) is 20.1 Å². The van der Waals surface area contributed by atoms with Crippen molar-refractivity contribution in [1.82, 2.24) is 10.2 Å². The smallest absolute Gasteiger partial charge is 0.0205 e. The molecule has 1 atom stereocenters. The van der Waals surface area contributed by atoms with Crippen LogP contribution in [0.1, 0.15) is 31.2 Å². The SMILES string of the molecule is CN1CCC[C@H]1CCCNCc1ccccc1. The van der Waals surface area contributed by atoms with E-state index in [1.54, 1.807) is 0 Å². The predicted molar refractivity (Wildman–Crippen MR) is 73.0 cm³/mol. The van der Waals surface area contributed by atoms with E-state index in [1.807, 2.05) is 0 Å². The number of likely N-dealkylation sites (tertiary alicyclic amines) is 1. The Morgan fingerprint density at radius 2 is 2.12 bits per heavy atom. The van der Waals surface area contributed by atoms with Gasteiger partial charge in [0.2, 0.25) is 0 Å². The highest BCUT2D eigenvalue weighted by atomic mass is 15.1. The first-order chi connectivity index (χ1) is 8.36. The summed E-state index contributed by atoms with van der Waals surface area (Å²) in [6.45, 7) is 3.43. The van der Waals surface area contributed by atoms with Crippen molar-refractivity contribution in [3.8, 4) is 0 Å². The molecule has 0 aromatic heterocycles. The summed E-state index contributed by atoms with van der Waals surface area (Å²) in [5, 5.41) is 3.52. The fourth-order valence-corrected chi connectivity index (χ4v) is 2.64. The molecule has 1 N–H and O–H groups in total. The maximum Gasteiger partial charge on any atom is 0.0205 e. The van der Waals surface area contributed by atoms with Gasteiger partial charge >= 0.3 is 0 Å². The van der Waals surface area contributed by atoms with Crippen LogP contribution in [0.15, 0.2) is 30.3 Å². The van der Waals surface area contributed by atoms with Crippen LogP contribution in [0.5, 0.6) is 0 Å². The van der Waals surface area contributed by atoms with Gasteiger partial charge in [0.15, 0.2) is 0 Å². The molecular weight excluding hydrogens is 208 g/mol. The predicted octanol–water partition coefficient (Wildman–Crippen LogP) is 2.65. The Balaban J connectivity index is 1.55. The second-order valence-corrected chi connectivity index (χ2v) is 5.08. The summed E-state index contributed by atoms with van der Waals surface area (Å²) in [7, 11) is 2.26. The Morgan fingerprint density at radius 1 is 1.29 bits per heavy atom. The summed E-state index contributed by atoms with van der Waals surface area (Å²) >= 11 is 0. The summed E-state index contributed by atoms with van der Waals surface area (Å²) < 4.78 is 0. The second-order valence-electron chi connectivity index (χ2n) is 5.08. The lowest BCUT2D eigenvalue weighted by Gasteiger charge is -2.19. The van der Waals surface area contributed by atoms with Gasteiger partial charge in [-0.3, -0.25) is 0 Å². The third-order valence-corrected chi connectivity index (χ3v) is 3.73. The molecule has 0 spiro atoms. The van der Waals surface area contributed by atoms with Gasteiger partial charge < -0.3 is 10.2 Å². The Bertz CT molecular complexity index is 310. The molecular formula is C15H24N2. The van der Waals surface area contributed by atoms with E-state index in [9.17, 15) is 0 Å². The molecule has 2 heteroatoms. The quantitative estimate of drug-likeness (QED) is 0.759. The molecule has 1 aromatic carbocycles. The number of benzene rings is 1. The minimum absolute atomic E-state index is 0.841. The molecule has 0 aliphatic carbocycles. The molecule has 2 rings (SSSR count). The van der Waals surface area contributed by atoms with Gasteiger partial charge in [0.05, 0.1) is 0 Å². The van der Waals surface area contributed by atoms with E-state index in [0.717, 1.165) is 19.1 Å². The molecule has 1 aromatic rings. The highest BCUT2D eigenvalue weighted by Gasteiger charge is 2.19. The molecule has 1 heterocycles. The maximum absolute atomic E-state index is 3.52. The van der Waals surface area contributed by atoms with Crippen molar-refractivity contribution in [3.05, 3.63) is 35.9 Å². The summed E-state index contributed by atoms with van der Waals surface area (Å²) in [6, 6.07) is 11.5. The lowest BCUT2D eigenvalue weighted by atomic mass is 10.1. The van der Waals surface area contributed by atoms with Crippen molar-refractivity contribution in [2.45, 2.75) is 38.3 Å². The first kappa shape index (κ1) is 12.6. The molecule has 17 heavy (non-hydrogen) atoms. The van der Waals surface area contributed by atoms with Crippen LogP contribution in [0.25, 0.3) is 0 Å². The third kappa shape index (κ3) is 4.14. The van der Waals surface area contributed by atoms with E-state index in [0.29, 0.717) is 0 Å². The van der Waals surface area contributed by atoms with E-state index in [1.165, 1.54) is 37.8 Å². The summed E-state index contributed by atoms with van der Waals surface area (Å²) in [6.07, 6.45) is 5.42. The van der Waals surface area contributed by atoms with Gasteiger partial charge in [-0.2, -0.15) is 0 Å². The maximum atomic E-state index is 3.52. The van der Waals surface area contributed by atoms with Gasteiger partial charge in [-0.1, -0.05) is 30.3 Å². The number of hydrogen-bond donors (Lipinski definition) is 1. The van der Waals surface area contributed by atoms with Gasteiger partial charge in [-0.25, -0.2) is 0 Å². The van der Waals surface area contributed by atoms with Gasteiger partial charge in [0.1, 0.15) is 0 Å². The number of nitrogens with one attached hydrogen (secondary N) is 1. The number of nitrogens with zero attached hydrogens (tertiary/aromatic N) is 1. The molecule has 0 radical (unpaired) electrons. The first-order valence-electron chi connectivity index (χ1n) is 6.81. The highest BCUT2D eigenvalue weighted by molar-refractivity contribution is 5.14. The van der Waals surface area contributed by atoms with Crippen molar-refractivity contribution in [2.24, 2.45) is 0 Å². The van der Waals surface area contributed by atoms with Crippen LogP contribution in [0.4, 0.5) is 0 Å². The lowest BCUT2D eigenvalue weighted by molar-refractivity contribution is 0.291. The van der Waals surface area contributed by atoms with Crippen LogP contribution in [0.2, 0.25) is 0 Å². The van der Waals surface area contributed by atoms with Crippen molar-refractivity contribution >= 4 is 0 Å². The molecule has 2 nitrogen and oxygen atoms in total. The summed E-state index contributed by atoms with van der Waals surface area (Å²) in [5.74, 6) is 0. The van der Waals surface area contributed by atoms with Crippen molar-refractivity contribution < 1.29 is 0 Å². The third-order valence-electron chi connectivity index (χ3n) is 3.73. The van der Waals surface area contributed by atoms with E-state index in [4.69, 9.17) is 0 Å². The van der Waals surface area contributed by atoms with Crippen LogP contribution < -0.4 is 5.32 Å². The first-order valence-corrected chi connectivity index (χ1v) is 6.81. The zero-order valence-corrected chi connectivity index (χ0v) is 10.9. The fraction of sp³-hybridized carbons (Fsp3) is 0.600. The minimum Gasteiger partial charge on any atom is -0.313 e. The van der Waals surface area contributed by atoms with Crippen molar-refractivity contribution in [3.63, 3.8) is 0 Å². The zero-order chi connectivity index (χ0) is 11.9. The van der Waals surface area contributed by atoms with Gasteiger partial charge in [0, 0.05) is 12.6 Å². The Morgan fingerprint density at radius 3 is 2.82 bits per heavy atom. The Labute approximate surface area is 105 Å². The second kappa shape index (κ2) is 6.77. The lowest BCUT2D eigenvalue weighted by Crippen LogP contribution is -2.26. The molecule has 0 unspecified atom stereocenters. The molecule has 0 amide bonds. The zero-order valence-electron chi connectivity index (χ0n) is 10.9. The largest absolute Gasteiger partial charge is 0.313 e. The molecule has 1 aliphatic rings. The molecule has 0 bridgehead atoms. The topological polar surface area (TPSA) is 15.3 Å². The Hall–Kier alpha value is -0.860. The molecule has 1 saturated heterocycles. The molecule has 0 saturated carbocycles. The Kier molecular flexibility index (Phi) is 5.02. The molecule has 1 aliphatic heterocycles. The number of hydrogen-bond acceptors (Lipinski definition) is 2. The van der Waals surface area contributed by atoms with Crippen LogP contribution >= 0.6 is 0 Å². The van der Waals surface area contributed by atoms with E-state index < -0.39 is 0 Å². The van der Waals surface area contributed by atoms with Crippen LogP contribution in [-0.4, -0.2) is 31.1 Å². The normalized spacial score (nSPS) is 20.9. The standard InChI is InChI=1S/C15H24N2/c1-17-12-6-10-15(17)9-5-11-16-13-14-7-3-2-4-8-14/h2-4,7-8,15-16H,5-6,9-13H2,1H3/t15-/m1/s1. The summed E-state index contributed by atoms with van der Waals surface area (Å²) in [4.78, 5) is 2.51. The van der Waals surface area contributed by atoms with Gasteiger partial charge in [-0.15, -0.1) is 0 Å². The average molecular weight is 232 g/mol. The van der Waals surface area contributed by atoms with Crippen LogP contribution in [-0.2, 0) is 6.54 Å². The number of rotatable bonds is 6. The minimum atomic E-state index is 0.841. The monoisotopic (exact) mass is 232 g/mol. The average Bonchev–Trinajstić information content (AvgIpc) is 2.76. The molecule has 94 valence electrons. The fourth-order valence-electron chi connectivity index (χ4n) is 2.64. The van der Waals surface area contributed by atoms with E-state index >= 15 is 0 Å². The van der Waals surface area contributed by atoms with Crippen LogP contribution in [0, 0.1) is 0 Å². The van der Waals surface area contributed by atoms with E-state index in [2.05, 4.69) is 47.6 Å². The van der Waals surface area contributed by atoms with Gasteiger partial charge in [0.25, 0.3) is 0 Å². The van der Waals surface area contributed by atoms with Gasteiger partial charge in [-0.05, 0) is 51.4 Å².